The average Bonchev–Trinajstić information content (AvgIpc) is 2.45. The minimum absolute atomic E-state index is 1.21. The monoisotopic (exact) mass is 233 g/mol. The summed E-state index contributed by atoms with van der Waals surface area (Å²) in [5.41, 5.74) is 1.30. The molecular formula is C16H27N. The highest BCUT2D eigenvalue weighted by Crippen LogP contribution is 2.12. The molecule has 1 aromatic carbocycles. The van der Waals surface area contributed by atoms with E-state index in [4.69, 9.17) is 0 Å². The number of rotatable bonds is 0. The first-order chi connectivity index (χ1) is 8.36. The second kappa shape index (κ2) is 12.7. The van der Waals surface area contributed by atoms with Gasteiger partial charge in [0.2, 0.25) is 0 Å². The normalized spacial score (nSPS) is 7.71. The zero-order valence-corrected chi connectivity index (χ0v) is 12.4. The highest BCUT2D eigenvalue weighted by molar-refractivity contribution is 5.81. The van der Waals surface area contributed by atoms with Crippen LogP contribution in [0.2, 0.25) is 0 Å². The first kappa shape index (κ1) is 18.0. The van der Waals surface area contributed by atoms with E-state index in [2.05, 4.69) is 30.1 Å². The maximum absolute atomic E-state index is 4.04. The first-order valence-corrected chi connectivity index (χ1v) is 6.67. The zero-order valence-electron chi connectivity index (χ0n) is 12.4. The summed E-state index contributed by atoms with van der Waals surface area (Å²) in [4.78, 5) is 4.04. The second-order valence-electron chi connectivity index (χ2n) is 2.73. The Morgan fingerprint density at radius 1 is 0.765 bits per heavy atom. The van der Waals surface area contributed by atoms with Crippen LogP contribution in [-0.2, 0) is 0 Å². The lowest BCUT2D eigenvalue weighted by Gasteiger charge is -1.96. The Hall–Kier alpha value is -1.37. The fourth-order valence-corrected chi connectivity index (χ4v) is 1.20. The zero-order chi connectivity index (χ0) is 13.7. The molecule has 1 nitrogen and oxygen atoms in total. The van der Waals surface area contributed by atoms with Crippen molar-refractivity contribution in [3.63, 3.8) is 0 Å². The molecule has 0 spiro atoms. The maximum atomic E-state index is 4.04. The van der Waals surface area contributed by atoms with Gasteiger partial charge in [-0.3, -0.25) is 4.98 Å². The number of aromatic nitrogens is 1. The molecule has 1 aromatic heterocycles. The van der Waals surface area contributed by atoms with E-state index in [1.807, 2.05) is 60.0 Å². The predicted octanol–water partition coefficient (Wildman–Crippen LogP) is 5.62. The molecule has 2 aromatic rings. The Morgan fingerprint density at radius 3 is 1.94 bits per heavy atom. The molecule has 0 bridgehead atoms. The first-order valence-electron chi connectivity index (χ1n) is 6.67. The summed E-state index contributed by atoms with van der Waals surface area (Å²) in [6.45, 7) is 14.1. The summed E-state index contributed by atoms with van der Waals surface area (Å²) in [6, 6.07) is 8.39. The van der Waals surface area contributed by atoms with Crippen molar-refractivity contribution in [3.8, 4) is 0 Å². The summed E-state index contributed by atoms with van der Waals surface area (Å²) < 4.78 is 0. The van der Waals surface area contributed by atoms with Gasteiger partial charge in [0, 0.05) is 17.8 Å². The lowest BCUT2D eigenvalue weighted by Crippen LogP contribution is -1.75. The topological polar surface area (TPSA) is 12.9 Å². The van der Waals surface area contributed by atoms with Crippen LogP contribution >= 0.6 is 0 Å². The van der Waals surface area contributed by atoms with Gasteiger partial charge in [-0.25, -0.2) is 0 Å². The molecule has 96 valence electrons. The van der Waals surface area contributed by atoms with E-state index in [1.54, 1.807) is 0 Å². The average molecular weight is 233 g/mol. The van der Waals surface area contributed by atoms with Gasteiger partial charge in [0.05, 0.1) is 0 Å². The third kappa shape index (κ3) is 6.72. The number of nitrogens with zero attached hydrogens (tertiary/aromatic N) is 1. The van der Waals surface area contributed by atoms with Gasteiger partial charge in [0.1, 0.15) is 0 Å². The van der Waals surface area contributed by atoms with Crippen LogP contribution < -0.4 is 0 Å². The molecule has 0 atom stereocenters. The van der Waals surface area contributed by atoms with Gasteiger partial charge in [-0.05, 0) is 18.4 Å². The molecule has 1 heteroatoms. The fourth-order valence-electron chi connectivity index (χ4n) is 1.20. The van der Waals surface area contributed by atoms with E-state index in [0.717, 1.165) is 0 Å². The van der Waals surface area contributed by atoms with Gasteiger partial charge < -0.3 is 0 Å². The van der Waals surface area contributed by atoms with Crippen molar-refractivity contribution in [1.82, 2.24) is 4.98 Å². The SMILES string of the molecule is CC.CC.CC.Cc1ccc2cnccc2c1. The van der Waals surface area contributed by atoms with Gasteiger partial charge in [-0.1, -0.05) is 65.3 Å². The van der Waals surface area contributed by atoms with Crippen LogP contribution in [0.4, 0.5) is 0 Å². The molecule has 1 heterocycles. The summed E-state index contributed by atoms with van der Waals surface area (Å²) in [5.74, 6) is 0. The summed E-state index contributed by atoms with van der Waals surface area (Å²) in [5, 5.41) is 2.47. The van der Waals surface area contributed by atoms with Gasteiger partial charge in [0.25, 0.3) is 0 Å². The molecular weight excluding hydrogens is 206 g/mol. The van der Waals surface area contributed by atoms with E-state index in [0.29, 0.717) is 0 Å². The number of hydrogen-bond acceptors (Lipinski definition) is 1. The van der Waals surface area contributed by atoms with Crippen LogP contribution in [0.25, 0.3) is 10.8 Å². The molecule has 0 fully saturated rings. The number of hydrogen-bond donors (Lipinski definition) is 0. The number of fused-ring (bicyclic) bond motifs is 1. The Labute approximate surface area is 107 Å². The van der Waals surface area contributed by atoms with Crippen LogP contribution in [0.3, 0.4) is 0 Å². The van der Waals surface area contributed by atoms with Crippen molar-refractivity contribution in [3.05, 3.63) is 42.2 Å². The summed E-state index contributed by atoms with van der Waals surface area (Å²) in [7, 11) is 0. The van der Waals surface area contributed by atoms with E-state index >= 15 is 0 Å². The van der Waals surface area contributed by atoms with Gasteiger partial charge in [-0.15, -0.1) is 0 Å². The molecule has 0 unspecified atom stereocenters. The molecule has 0 saturated heterocycles. The Kier molecular flexibility index (Phi) is 13.5. The molecule has 0 amide bonds. The second-order valence-corrected chi connectivity index (χ2v) is 2.73. The van der Waals surface area contributed by atoms with Crippen molar-refractivity contribution >= 4 is 10.8 Å². The molecule has 0 radical (unpaired) electrons. The Balaban J connectivity index is 0. The molecule has 0 saturated carbocycles. The number of aryl methyl sites for hydroxylation is 1. The minimum atomic E-state index is 1.21. The lowest BCUT2D eigenvalue weighted by atomic mass is 10.1. The van der Waals surface area contributed by atoms with E-state index in [-0.39, 0.29) is 0 Å². The van der Waals surface area contributed by atoms with Crippen LogP contribution in [-0.4, -0.2) is 4.98 Å². The maximum Gasteiger partial charge on any atom is 0.0346 e. The van der Waals surface area contributed by atoms with Crippen LogP contribution in [0.15, 0.2) is 36.7 Å². The number of pyridine rings is 1. The van der Waals surface area contributed by atoms with Crippen molar-refractivity contribution in [2.45, 2.75) is 48.5 Å². The molecule has 0 aliphatic heterocycles. The lowest BCUT2D eigenvalue weighted by molar-refractivity contribution is 1.36. The van der Waals surface area contributed by atoms with Gasteiger partial charge in [0.15, 0.2) is 0 Å². The third-order valence-electron chi connectivity index (χ3n) is 1.80. The molecule has 2 rings (SSSR count). The molecule has 0 N–H and O–H groups in total. The Morgan fingerprint density at radius 2 is 1.35 bits per heavy atom. The van der Waals surface area contributed by atoms with E-state index in [9.17, 15) is 0 Å². The van der Waals surface area contributed by atoms with Crippen molar-refractivity contribution in [2.24, 2.45) is 0 Å². The largest absolute Gasteiger partial charge is 0.264 e. The highest BCUT2D eigenvalue weighted by atomic mass is 14.6. The summed E-state index contributed by atoms with van der Waals surface area (Å²) >= 11 is 0. The van der Waals surface area contributed by atoms with Crippen LogP contribution in [0.1, 0.15) is 47.1 Å². The standard InChI is InChI=1S/C10H9N.3C2H6/c1-8-2-3-10-7-11-5-4-9(10)6-8;3*1-2/h2-7H,1H3;3*1-2H3. The smallest absolute Gasteiger partial charge is 0.0346 e. The predicted molar refractivity (Wildman–Crippen MR) is 80.5 cm³/mol. The Bertz CT molecular complexity index is 380. The van der Waals surface area contributed by atoms with E-state index < -0.39 is 0 Å². The fraction of sp³-hybridized carbons (Fsp3) is 0.438. The number of benzene rings is 1. The molecule has 0 aliphatic carbocycles. The van der Waals surface area contributed by atoms with Crippen LogP contribution in [0, 0.1) is 6.92 Å². The molecule has 0 aliphatic rings. The van der Waals surface area contributed by atoms with Crippen molar-refractivity contribution in [1.29, 1.82) is 0 Å². The van der Waals surface area contributed by atoms with Crippen LogP contribution in [0.5, 0.6) is 0 Å². The van der Waals surface area contributed by atoms with Crippen molar-refractivity contribution in [2.75, 3.05) is 0 Å². The van der Waals surface area contributed by atoms with Gasteiger partial charge >= 0.3 is 0 Å². The highest BCUT2D eigenvalue weighted by Gasteiger charge is 1.90. The minimum Gasteiger partial charge on any atom is -0.264 e. The molecule has 17 heavy (non-hydrogen) atoms. The summed E-state index contributed by atoms with van der Waals surface area (Å²) in [6.07, 6.45) is 3.70. The third-order valence-corrected chi connectivity index (χ3v) is 1.80. The van der Waals surface area contributed by atoms with E-state index in [1.165, 1.54) is 16.3 Å². The van der Waals surface area contributed by atoms with Crippen molar-refractivity contribution < 1.29 is 0 Å². The quantitative estimate of drug-likeness (QED) is 0.575. The van der Waals surface area contributed by atoms with Gasteiger partial charge in [-0.2, -0.15) is 0 Å².